The van der Waals surface area contributed by atoms with Gasteiger partial charge in [-0.05, 0) is 12.1 Å². The molecule has 0 amide bonds. The lowest BCUT2D eigenvalue weighted by Gasteiger charge is -2.04. The van der Waals surface area contributed by atoms with E-state index in [0.29, 0.717) is 12.6 Å². The fourth-order valence-corrected chi connectivity index (χ4v) is 1.41. The number of nitrogens with zero attached hydrogens (tertiary/aromatic N) is 2. The summed E-state index contributed by atoms with van der Waals surface area (Å²) in [4.78, 5) is 4.36. The van der Waals surface area contributed by atoms with Gasteiger partial charge in [0.2, 0.25) is 0 Å². The van der Waals surface area contributed by atoms with Crippen LogP contribution in [0.15, 0.2) is 24.5 Å². The van der Waals surface area contributed by atoms with Gasteiger partial charge >= 0.3 is 0 Å². The molecule has 0 spiro atoms. The first-order valence-electron chi connectivity index (χ1n) is 5.01. The van der Waals surface area contributed by atoms with E-state index in [4.69, 9.17) is 0 Å². The van der Waals surface area contributed by atoms with Crippen molar-refractivity contribution in [3.05, 3.63) is 36.0 Å². The van der Waals surface area contributed by atoms with Gasteiger partial charge in [0, 0.05) is 25.0 Å². The third-order valence-corrected chi connectivity index (χ3v) is 2.16. The summed E-state index contributed by atoms with van der Waals surface area (Å²) in [5.41, 5.74) is 1.70. The van der Waals surface area contributed by atoms with Crippen molar-refractivity contribution in [2.75, 3.05) is 0 Å². The lowest BCUT2D eigenvalue weighted by molar-refractivity contribution is 0.583. The summed E-state index contributed by atoms with van der Waals surface area (Å²) < 4.78 is 14.6. The van der Waals surface area contributed by atoms with Crippen LogP contribution in [0.3, 0.4) is 0 Å². The van der Waals surface area contributed by atoms with E-state index in [0.717, 1.165) is 11.3 Å². The second-order valence-electron chi connectivity index (χ2n) is 3.88. The minimum absolute atomic E-state index is 0.247. The molecule has 2 aromatic heterocycles. The number of rotatable bonds is 3. The summed E-state index contributed by atoms with van der Waals surface area (Å²) in [6.07, 6.45) is 3.27. The molecule has 0 fully saturated rings. The molecule has 0 atom stereocenters. The minimum atomic E-state index is -0.247. The molecule has 2 heterocycles. The minimum Gasteiger partial charge on any atom is -0.309 e. The van der Waals surface area contributed by atoms with Crippen LogP contribution in [0, 0.1) is 5.82 Å². The van der Waals surface area contributed by atoms with Crippen molar-refractivity contribution in [1.82, 2.24) is 14.7 Å². The van der Waals surface area contributed by atoms with Crippen LogP contribution >= 0.6 is 0 Å². The number of aromatic nitrogens is 2. The van der Waals surface area contributed by atoms with Crippen molar-refractivity contribution in [1.29, 1.82) is 0 Å². The number of hydrogen-bond donors (Lipinski definition) is 1. The standard InChI is InChI=1S/C11H14FN3/c1-8(2)13-5-10-7-15-6-9(12)3-4-11(15)14-10/h3-4,6-8,13H,5H2,1-2H3. The van der Waals surface area contributed by atoms with Crippen LogP contribution in [0.25, 0.3) is 5.65 Å². The molecule has 0 unspecified atom stereocenters. The average Bonchev–Trinajstić information content (AvgIpc) is 2.56. The molecule has 0 saturated heterocycles. The monoisotopic (exact) mass is 207 g/mol. The van der Waals surface area contributed by atoms with Crippen LogP contribution in [0.1, 0.15) is 19.5 Å². The summed E-state index contributed by atoms with van der Waals surface area (Å²) in [6.45, 7) is 4.87. The molecule has 0 bridgehead atoms. The molecule has 0 aliphatic carbocycles. The molecule has 4 heteroatoms. The van der Waals surface area contributed by atoms with Gasteiger partial charge in [-0.3, -0.25) is 0 Å². The summed E-state index contributed by atoms with van der Waals surface area (Å²) >= 11 is 0. The van der Waals surface area contributed by atoms with Gasteiger partial charge in [0.25, 0.3) is 0 Å². The van der Waals surface area contributed by atoms with Crippen LogP contribution in [-0.4, -0.2) is 15.4 Å². The van der Waals surface area contributed by atoms with E-state index in [-0.39, 0.29) is 5.82 Å². The quantitative estimate of drug-likeness (QED) is 0.833. The Morgan fingerprint density at radius 2 is 2.20 bits per heavy atom. The molecule has 0 radical (unpaired) electrons. The number of pyridine rings is 1. The lowest BCUT2D eigenvalue weighted by atomic mass is 10.3. The van der Waals surface area contributed by atoms with E-state index >= 15 is 0 Å². The molecule has 0 saturated carbocycles. The van der Waals surface area contributed by atoms with Crippen LogP contribution in [-0.2, 0) is 6.54 Å². The number of fused-ring (bicyclic) bond motifs is 1. The Hall–Kier alpha value is -1.42. The number of nitrogens with one attached hydrogen (secondary N) is 1. The zero-order chi connectivity index (χ0) is 10.8. The first kappa shape index (κ1) is 10.1. The van der Waals surface area contributed by atoms with Gasteiger partial charge in [0.15, 0.2) is 0 Å². The van der Waals surface area contributed by atoms with Gasteiger partial charge in [0.1, 0.15) is 11.5 Å². The Bertz CT molecular complexity index is 462. The second-order valence-corrected chi connectivity index (χ2v) is 3.88. The highest BCUT2D eigenvalue weighted by Gasteiger charge is 2.02. The number of halogens is 1. The summed E-state index contributed by atoms with van der Waals surface area (Å²) in [6, 6.07) is 3.52. The van der Waals surface area contributed by atoms with Crippen LogP contribution < -0.4 is 5.32 Å². The highest BCUT2D eigenvalue weighted by Crippen LogP contribution is 2.06. The third kappa shape index (κ3) is 2.33. The Labute approximate surface area is 87.9 Å². The molecule has 3 nitrogen and oxygen atoms in total. The van der Waals surface area contributed by atoms with E-state index < -0.39 is 0 Å². The highest BCUT2D eigenvalue weighted by molar-refractivity contribution is 5.39. The fourth-order valence-electron chi connectivity index (χ4n) is 1.41. The van der Waals surface area contributed by atoms with E-state index in [1.807, 2.05) is 6.20 Å². The van der Waals surface area contributed by atoms with Gasteiger partial charge in [-0.25, -0.2) is 9.37 Å². The van der Waals surface area contributed by atoms with Crippen molar-refractivity contribution in [2.45, 2.75) is 26.4 Å². The van der Waals surface area contributed by atoms with Gasteiger partial charge in [0.05, 0.1) is 5.69 Å². The number of imidazole rings is 1. The molecule has 0 aromatic carbocycles. The van der Waals surface area contributed by atoms with Gasteiger partial charge in [-0.2, -0.15) is 0 Å². The van der Waals surface area contributed by atoms with Crippen molar-refractivity contribution in [2.24, 2.45) is 0 Å². The Morgan fingerprint density at radius 3 is 2.93 bits per heavy atom. The summed E-state index contributed by atoms with van der Waals surface area (Å²) in [5, 5.41) is 3.27. The fraction of sp³-hybridized carbons (Fsp3) is 0.364. The SMILES string of the molecule is CC(C)NCc1cn2cc(F)ccc2n1. The topological polar surface area (TPSA) is 29.3 Å². The van der Waals surface area contributed by atoms with Crippen molar-refractivity contribution in [3.63, 3.8) is 0 Å². The molecule has 0 aliphatic rings. The second kappa shape index (κ2) is 3.98. The highest BCUT2D eigenvalue weighted by atomic mass is 19.1. The first-order chi connectivity index (χ1) is 7.15. The van der Waals surface area contributed by atoms with E-state index in [9.17, 15) is 4.39 Å². The van der Waals surface area contributed by atoms with E-state index in [2.05, 4.69) is 24.1 Å². The first-order valence-corrected chi connectivity index (χ1v) is 5.01. The predicted molar refractivity (Wildman–Crippen MR) is 57.1 cm³/mol. The summed E-state index contributed by atoms with van der Waals surface area (Å²) in [5.74, 6) is -0.247. The Balaban J connectivity index is 2.23. The molecule has 15 heavy (non-hydrogen) atoms. The summed E-state index contributed by atoms with van der Waals surface area (Å²) in [7, 11) is 0. The van der Waals surface area contributed by atoms with Crippen LogP contribution in [0.5, 0.6) is 0 Å². The maximum Gasteiger partial charge on any atom is 0.139 e. The predicted octanol–water partition coefficient (Wildman–Crippen LogP) is 1.97. The number of hydrogen-bond acceptors (Lipinski definition) is 2. The smallest absolute Gasteiger partial charge is 0.139 e. The molecule has 80 valence electrons. The zero-order valence-electron chi connectivity index (χ0n) is 8.87. The molecular weight excluding hydrogens is 193 g/mol. The maximum atomic E-state index is 12.9. The Morgan fingerprint density at radius 1 is 1.40 bits per heavy atom. The Kier molecular flexibility index (Phi) is 2.68. The van der Waals surface area contributed by atoms with Crippen LogP contribution in [0.2, 0.25) is 0 Å². The van der Waals surface area contributed by atoms with Gasteiger partial charge in [-0.1, -0.05) is 13.8 Å². The lowest BCUT2D eigenvalue weighted by Crippen LogP contribution is -2.21. The van der Waals surface area contributed by atoms with Gasteiger partial charge in [-0.15, -0.1) is 0 Å². The molecular formula is C11H14FN3. The van der Waals surface area contributed by atoms with E-state index in [1.54, 1.807) is 10.5 Å². The van der Waals surface area contributed by atoms with Crippen molar-refractivity contribution in [3.8, 4) is 0 Å². The van der Waals surface area contributed by atoms with Crippen LogP contribution in [0.4, 0.5) is 4.39 Å². The average molecular weight is 207 g/mol. The maximum absolute atomic E-state index is 12.9. The van der Waals surface area contributed by atoms with Crippen molar-refractivity contribution >= 4 is 5.65 Å². The molecule has 2 rings (SSSR count). The normalized spacial score (nSPS) is 11.5. The zero-order valence-corrected chi connectivity index (χ0v) is 8.87. The molecule has 0 aliphatic heterocycles. The third-order valence-electron chi connectivity index (χ3n) is 2.16. The van der Waals surface area contributed by atoms with E-state index in [1.165, 1.54) is 12.3 Å². The molecule has 2 aromatic rings. The largest absolute Gasteiger partial charge is 0.309 e. The van der Waals surface area contributed by atoms with Crippen molar-refractivity contribution < 1.29 is 4.39 Å². The van der Waals surface area contributed by atoms with Gasteiger partial charge < -0.3 is 9.72 Å². The molecule has 1 N–H and O–H groups in total.